The number of benzene rings is 2. The summed E-state index contributed by atoms with van der Waals surface area (Å²) in [7, 11) is 0. The molecule has 0 saturated heterocycles. The molecule has 2 aromatic carbocycles. The third kappa shape index (κ3) is 3.84. The zero-order valence-electron chi connectivity index (χ0n) is 14.9. The zero-order chi connectivity index (χ0) is 19.5. The molecule has 4 rings (SSSR count). The highest BCUT2D eigenvalue weighted by Gasteiger charge is 2.18. The maximum atomic E-state index is 12.1. The van der Waals surface area contributed by atoms with Crippen LogP contribution in [-0.2, 0) is 9.53 Å². The van der Waals surface area contributed by atoms with Gasteiger partial charge in [0.2, 0.25) is 6.79 Å². The first kappa shape index (κ1) is 18.1. The summed E-state index contributed by atoms with van der Waals surface area (Å²) in [6.07, 6.45) is 0. The predicted molar refractivity (Wildman–Crippen MR) is 102 cm³/mol. The lowest BCUT2D eigenvalue weighted by Gasteiger charge is -2.05. The van der Waals surface area contributed by atoms with Crippen molar-refractivity contribution >= 4 is 38.6 Å². The molecule has 3 aromatic rings. The number of carbonyl (C=O) groups excluding carboxylic acids is 2. The van der Waals surface area contributed by atoms with Crippen LogP contribution >= 0.6 is 11.3 Å². The summed E-state index contributed by atoms with van der Waals surface area (Å²) < 4.78 is 21.8. The number of amides is 1. The Balaban J connectivity index is 1.35. The van der Waals surface area contributed by atoms with E-state index >= 15 is 0 Å². The molecule has 0 spiro atoms. The van der Waals surface area contributed by atoms with Crippen LogP contribution in [0.3, 0.4) is 0 Å². The second-order valence-electron chi connectivity index (χ2n) is 5.77. The van der Waals surface area contributed by atoms with Crippen LogP contribution in [0.1, 0.15) is 17.3 Å². The van der Waals surface area contributed by atoms with E-state index < -0.39 is 18.5 Å². The van der Waals surface area contributed by atoms with Crippen LogP contribution in [0.25, 0.3) is 10.2 Å². The summed E-state index contributed by atoms with van der Waals surface area (Å²) in [5, 5.41) is 3.06. The molecular formula is C19H16N2O6S. The van der Waals surface area contributed by atoms with Crippen molar-refractivity contribution in [2.45, 2.75) is 6.92 Å². The molecular weight excluding hydrogens is 384 g/mol. The number of rotatable bonds is 6. The van der Waals surface area contributed by atoms with Crippen LogP contribution in [0.5, 0.6) is 17.2 Å². The van der Waals surface area contributed by atoms with Crippen molar-refractivity contribution < 1.29 is 28.5 Å². The molecule has 0 bridgehead atoms. The summed E-state index contributed by atoms with van der Waals surface area (Å²) in [4.78, 5) is 28.5. The van der Waals surface area contributed by atoms with Gasteiger partial charge in [-0.3, -0.25) is 10.1 Å². The number of aromatic nitrogens is 1. The molecule has 0 unspecified atom stereocenters. The van der Waals surface area contributed by atoms with Crippen LogP contribution in [0.4, 0.5) is 5.13 Å². The summed E-state index contributed by atoms with van der Waals surface area (Å²) in [6.45, 7) is 2.17. The number of ether oxygens (including phenoxy) is 4. The fourth-order valence-electron chi connectivity index (χ4n) is 2.61. The summed E-state index contributed by atoms with van der Waals surface area (Å²) in [5.41, 5.74) is 1.03. The van der Waals surface area contributed by atoms with Crippen LogP contribution in [0.15, 0.2) is 36.4 Å². The van der Waals surface area contributed by atoms with Gasteiger partial charge in [0.05, 0.1) is 22.4 Å². The molecule has 0 aliphatic carbocycles. The molecule has 1 amide bonds. The largest absolute Gasteiger partial charge is 0.494 e. The van der Waals surface area contributed by atoms with Gasteiger partial charge in [-0.05, 0) is 43.3 Å². The SMILES string of the molecule is CCOc1ccc2nc(NC(=O)COC(=O)c3ccc4c(c3)OCO4)sc2c1. The average molecular weight is 400 g/mol. The number of anilines is 1. The van der Waals surface area contributed by atoms with Crippen molar-refractivity contribution in [1.29, 1.82) is 0 Å². The zero-order valence-corrected chi connectivity index (χ0v) is 15.7. The minimum Gasteiger partial charge on any atom is -0.494 e. The van der Waals surface area contributed by atoms with Crippen molar-refractivity contribution in [2.24, 2.45) is 0 Å². The average Bonchev–Trinajstić information content (AvgIpc) is 3.31. The van der Waals surface area contributed by atoms with Gasteiger partial charge in [-0.25, -0.2) is 9.78 Å². The van der Waals surface area contributed by atoms with E-state index in [4.69, 9.17) is 18.9 Å². The first-order valence-electron chi connectivity index (χ1n) is 8.52. The van der Waals surface area contributed by atoms with Crippen molar-refractivity contribution in [2.75, 3.05) is 25.3 Å². The van der Waals surface area contributed by atoms with Gasteiger partial charge in [-0.2, -0.15) is 0 Å². The molecule has 8 nitrogen and oxygen atoms in total. The minimum atomic E-state index is -0.626. The minimum absolute atomic E-state index is 0.116. The Labute approximate surface area is 164 Å². The highest BCUT2D eigenvalue weighted by molar-refractivity contribution is 7.22. The van der Waals surface area contributed by atoms with Gasteiger partial charge >= 0.3 is 5.97 Å². The molecule has 0 saturated carbocycles. The molecule has 28 heavy (non-hydrogen) atoms. The van der Waals surface area contributed by atoms with Crippen molar-refractivity contribution in [3.63, 3.8) is 0 Å². The Morgan fingerprint density at radius 3 is 2.89 bits per heavy atom. The maximum Gasteiger partial charge on any atom is 0.338 e. The van der Waals surface area contributed by atoms with Crippen molar-refractivity contribution in [3.05, 3.63) is 42.0 Å². The van der Waals surface area contributed by atoms with Crippen LogP contribution < -0.4 is 19.5 Å². The van der Waals surface area contributed by atoms with E-state index in [0.717, 1.165) is 16.0 Å². The van der Waals surface area contributed by atoms with E-state index in [0.29, 0.717) is 23.2 Å². The van der Waals surface area contributed by atoms with E-state index in [1.807, 2.05) is 25.1 Å². The van der Waals surface area contributed by atoms with Gasteiger partial charge in [0, 0.05) is 0 Å². The summed E-state index contributed by atoms with van der Waals surface area (Å²) in [5.74, 6) is 0.684. The molecule has 1 aromatic heterocycles. The topological polar surface area (TPSA) is 96.0 Å². The Morgan fingerprint density at radius 2 is 2.04 bits per heavy atom. The lowest BCUT2D eigenvalue weighted by atomic mass is 10.2. The van der Waals surface area contributed by atoms with E-state index in [9.17, 15) is 9.59 Å². The Kier molecular flexibility index (Phi) is 4.98. The molecule has 0 radical (unpaired) electrons. The van der Waals surface area contributed by atoms with Crippen LogP contribution in [-0.4, -0.2) is 36.9 Å². The van der Waals surface area contributed by atoms with Crippen molar-refractivity contribution in [3.8, 4) is 17.2 Å². The molecule has 0 fully saturated rings. The van der Waals surface area contributed by atoms with E-state index in [-0.39, 0.29) is 12.4 Å². The second-order valence-corrected chi connectivity index (χ2v) is 6.80. The molecule has 0 atom stereocenters. The van der Waals surface area contributed by atoms with E-state index in [1.54, 1.807) is 12.1 Å². The molecule has 9 heteroatoms. The number of hydrogen-bond acceptors (Lipinski definition) is 8. The third-order valence-electron chi connectivity index (χ3n) is 3.86. The highest BCUT2D eigenvalue weighted by Crippen LogP contribution is 2.32. The van der Waals surface area contributed by atoms with Gasteiger partial charge in [-0.1, -0.05) is 11.3 Å². The van der Waals surface area contributed by atoms with E-state index in [2.05, 4.69) is 10.3 Å². The van der Waals surface area contributed by atoms with Gasteiger partial charge in [0.25, 0.3) is 5.91 Å². The number of carbonyl (C=O) groups is 2. The summed E-state index contributed by atoms with van der Waals surface area (Å²) in [6, 6.07) is 10.2. The normalized spacial score (nSPS) is 12.0. The maximum absolute atomic E-state index is 12.1. The van der Waals surface area contributed by atoms with Crippen LogP contribution in [0.2, 0.25) is 0 Å². The van der Waals surface area contributed by atoms with Crippen molar-refractivity contribution in [1.82, 2.24) is 4.98 Å². The second kappa shape index (κ2) is 7.73. The molecule has 1 N–H and O–H groups in total. The fourth-order valence-corrected chi connectivity index (χ4v) is 3.52. The monoisotopic (exact) mass is 400 g/mol. The Hall–Kier alpha value is -3.33. The number of thiazole rings is 1. The fraction of sp³-hybridized carbons (Fsp3) is 0.211. The van der Waals surface area contributed by atoms with Gasteiger partial charge in [-0.15, -0.1) is 0 Å². The number of fused-ring (bicyclic) bond motifs is 2. The molecule has 2 heterocycles. The molecule has 1 aliphatic rings. The number of esters is 1. The number of nitrogens with one attached hydrogen (secondary N) is 1. The lowest BCUT2D eigenvalue weighted by molar-refractivity contribution is -0.119. The van der Waals surface area contributed by atoms with Crippen LogP contribution in [0, 0.1) is 0 Å². The predicted octanol–water partition coefficient (Wildman–Crippen LogP) is 3.22. The molecule has 144 valence electrons. The highest BCUT2D eigenvalue weighted by atomic mass is 32.1. The quantitative estimate of drug-likeness (QED) is 0.635. The third-order valence-corrected chi connectivity index (χ3v) is 4.79. The smallest absolute Gasteiger partial charge is 0.338 e. The van der Waals surface area contributed by atoms with Gasteiger partial charge in [0.1, 0.15) is 5.75 Å². The number of hydrogen-bond donors (Lipinski definition) is 1. The van der Waals surface area contributed by atoms with Gasteiger partial charge in [0.15, 0.2) is 23.2 Å². The molecule has 1 aliphatic heterocycles. The summed E-state index contributed by atoms with van der Waals surface area (Å²) >= 11 is 1.32. The first-order chi connectivity index (χ1) is 13.6. The first-order valence-corrected chi connectivity index (χ1v) is 9.34. The standard InChI is InChI=1S/C19H16N2O6S/c1-2-24-12-4-5-13-16(8-12)28-19(20-13)21-17(22)9-25-18(23)11-3-6-14-15(7-11)27-10-26-14/h3-8H,2,9-10H2,1H3,(H,20,21,22). The Morgan fingerprint density at radius 1 is 1.18 bits per heavy atom. The van der Waals surface area contributed by atoms with Gasteiger partial charge < -0.3 is 18.9 Å². The Bertz CT molecular complexity index is 1050. The number of nitrogens with zero attached hydrogens (tertiary/aromatic N) is 1. The van der Waals surface area contributed by atoms with E-state index in [1.165, 1.54) is 17.4 Å². The lowest BCUT2D eigenvalue weighted by Crippen LogP contribution is -2.20.